The molecule has 0 aliphatic carbocycles. The SMILES string of the molecule is CCNc1ncc(F)cc1C(=O)Nc1c(C)cccc1C. The zero-order valence-corrected chi connectivity index (χ0v) is 12.3. The van der Waals surface area contributed by atoms with Gasteiger partial charge in [-0.25, -0.2) is 9.37 Å². The van der Waals surface area contributed by atoms with Crippen LogP contribution in [0.4, 0.5) is 15.9 Å². The molecule has 0 aliphatic heterocycles. The highest BCUT2D eigenvalue weighted by molar-refractivity contribution is 6.08. The number of carbonyl (C=O) groups is 1. The van der Waals surface area contributed by atoms with Gasteiger partial charge in [0.2, 0.25) is 0 Å². The van der Waals surface area contributed by atoms with Crippen molar-refractivity contribution in [2.24, 2.45) is 0 Å². The van der Waals surface area contributed by atoms with Crippen molar-refractivity contribution in [1.29, 1.82) is 0 Å². The Morgan fingerprint density at radius 2 is 1.95 bits per heavy atom. The van der Waals surface area contributed by atoms with Gasteiger partial charge in [-0.2, -0.15) is 0 Å². The molecule has 0 atom stereocenters. The molecule has 0 saturated heterocycles. The van der Waals surface area contributed by atoms with E-state index in [1.54, 1.807) is 0 Å². The van der Waals surface area contributed by atoms with E-state index in [9.17, 15) is 9.18 Å². The molecular weight excluding hydrogens is 269 g/mol. The van der Waals surface area contributed by atoms with Gasteiger partial charge in [0.25, 0.3) is 5.91 Å². The summed E-state index contributed by atoms with van der Waals surface area (Å²) in [6.07, 6.45) is 1.09. The van der Waals surface area contributed by atoms with E-state index in [2.05, 4.69) is 15.6 Å². The van der Waals surface area contributed by atoms with Crippen molar-refractivity contribution in [3.63, 3.8) is 0 Å². The predicted octanol–water partition coefficient (Wildman–Crippen LogP) is 3.52. The lowest BCUT2D eigenvalue weighted by atomic mass is 10.1. The summed E-state index contributed by atoms with van der Waals surface area (Å²) in [4.78, 5) is 16.3. The number of nitrogens with one attached hydrogen (secondary N) is 2. The van der Waals surface area contributed by atoms with Crippen LogP contribution in [0.15, 0.2) is 30.5 Å². The van der Waals surface area contributed by atoms with Crippen molar-refractivity contribution < 1.29 is 9.18 Å². The summed E-state index contributed by atoms with van der Waals surface area (Å²) in [7, 11) is 0. The summed E-state index contributed by atoms with van der Waals surface area (Å²) in [5.41, 5.74) is 2.85. The summed E-state index contributed by atoms with van der Waals surface area (Å²) in [5.74, 6) is -0.540. The molecule has 1 aromatic carbocycles. The molecule has 21 heavy (non-hydrogen) atoms. The second kappa shape index (κ2) is 6.35. The van der Waals surface area contributed by atoms with E-state index in [1.165, 1.54) is 6.07 Å². The Balaban J connectivity index is 2.34. The third-order valence-electron chi connectivity index (χ3n) is 3.16. The van der Waals surface area contributed by atoms with Gasteiger partial charge in [-0.3, -0.25) is 4.79 Å². The summed E-state index contributed by atoms with van der Waals surface area (Å²) < 4.78 is 13.4. The highest BCUT2D eigenvalue weighted by atomic mass is 19.1. The minimum atomic E-state index is -0.539. The van der Waals surface area contributed by atoms with Crippen molar-refractivity contribution in [1.82, 2.24) is 4.98 Å². The van der Waals surface area contributed by atoms with E-state index < -0.39 is 5.82 Å². The molecule has 0 fully saturated rings. The lowest BCUT2D eigenvalue weighted by Gasteiger charge is -2.13. The number of aryl methyl sites for hydroxylation is 2. The highest BCUT2D eigenvalue weighted by Gasteiger charge is 2.15. The second-order valence-corrected chi connectivity index (χ2v) is 4.80. The van der Waals surface area contributed by atoms with Gasteiger partial charge in [0.05, 0.1) is 11.8 Å². The van der Waals surface area contributed by atoms with Crippen molar-refractivity contribution >= 4 is 17.4 Å². The molecule has 0 spiro atoms. The predicted molar refractivity (Wildman–Crippen MR) is 82.2 cm³/mol. The van der Waals surface area contributed by atoms with Crippen LogP contribution in [-0.2, 0) is 0 Å². The minimum Gasteiger partial charge on any atom is -0.370 e. The number of anilines is 2. The van der Waals surface area contributed by atoms with Gasteiger partial charge < -0.3 is 10.6 Å². The standard InChI is InChI=1S/C16H18FN3O/c1-4-18-15-13(8-12(17)9-19-15)16(21)20-14-10(2)6-5-7-11(14)3/h5-9H,4H2,1-3H3,(H,18,19)(H,20,21). The molecule has 0 unspecified atom stereocenters. The van der Waals surface area contributed by atoms with Gasteiger partial charge >= 0.3 is 0 Å². The van der Waals surface area contributed by atoms with Crippen molar-refractivity contribution in [2.45, 2.75) is 20.8 Å². The van der Waals surface area contributed by atoms with Crippen LogP contribution >= 0.6 is 0 Å². The maximum atomic E-state index is 13.4. The van der Waals surface area contributed by atoms with Gasteiger partial charge in [0, 0.05) is 12.2 Å². The van der Waals surface area contributed by atoms with Gasteiger partial charge in [-0.05, 0) is 38.0 Å². The van der Waals surface area contributed by atoms with Crippen LogP contribution in [0.2, 0.25) is 0 Å². The molecular formula is C16H18FN3O. The average molecular weight is 287 g/mol. The maximum absolute atomic E-state index is 13.4. The zero-order valence-electron chi connectivity index (χ0n) is 12.3. The van der Waals surface area contributed by atoms with Crippen molar-refractivity contribution in [3.05, 3.63) is 53.0 Å². The third-order valence-corrected chi connectivity index (χ3v) is 3.16. The minimum absolute atomic E-state index is 0.194. The van der Waals surface area contributed by atoms with Crippen LogP contribution in [-0.4, -0.2) is 17.4 Å². The van der Waals surface area contributed by atoms with Crippen LogP contribution < -0.4 is 10.6 Å². The fourth-order valence-electron chi connectivity index (χ4n) is 2.11. The monoisotopic (exact) mass is 287 g/mol. The van der Waals surface area contributed by atoms with Crippen LogP contribution in [0.25, 0.3) is 0 Å². The Bertz CT molecular complexity index is 650. The lowest BCUT2D eigenvalue weighted by molar-refractivity contribution is 0.102. The molecule has 2 aromatic rings. The first-order chi connectivity index (χ1) is 10.0. The van der Waals surface area contributed by atoms with Crippen LogP contribution in [0.5, 0.6) is 0 Å². The molecule has 5 heteroatoms. The van der Waals surface area contributed by atoms with Crippen molar-refractivity contribution in [2.75, 3.05) is 17.2 Å². The molecule has 0 bridgehead atoms. The van der Waals surface area contributed by atoms with Crippen LogP contribution in [0, 0.1) is 19.7 Å². The fraction of sp³-hybridized carbons (Fsp3) is 0.250. The largest absolute Gasteiger partial charge is 0.370 e. The number of pyridine rings is 1. The molecule has 1 amide bonds. The van der Waals surface area contributed by atoms with Gasteiger partial charge in [-0.15, -0.1) is 0 Å². The Kier molecular flexibility index (Phi) is 4.52. The number of carbonyl (C=O) groups excluding carboxylic acids is 1. The topological polar surface area (TPSA) is 54.0 Å². The lowest BCUT2D eigenvalue weighted by Crippen LogP contribution is -2.17. The molecule has 0 radical (unpaired) electrons. The van der Waals surface area contributed by atoms with Crippen LogP contribution in [0.3, 0.4) is 0 Å². The first-order valence-corrected chi connectivity index (χ1v) is 6.80. The molecule has 2 rings (SSSR count). The molecule has 4 nitrogen and oxygen atoms in total. The number of benzene rings is 1. The van der Waals surface area contributed by atoms with E-state index >= 15 is 0 Å². The van der Waals surface area contributed by atoms with Gasteiger partial charge in [0.1, 0.15) is 11.6 Å². The summed E-state index contributed by atoms with van der Waals surface area (Å²) >= 11 is 0. The smallest absolute Gasteiger partial charge is 0.259 e. The molecule has 110 valence electrons. The number of aromatic nitrogens is 1. The zero-order chi connectivity index (χ0) is 15.4. The first-order valence-electron chi connectivity index (χ1n) is 6.80. The highest BCUT2D eigenvalue weighted by Crippen LogP contribution is 2.22. The number of rotatable bonds is 4. The van der Waals surface area contributed by atoms with E-state index in [4.69, 9.17) is 0 Å². The summed E-state index contributed by atoms with van der Waals surface area (Å²) in [6.45, 7) is 6.32. The number of hydrogen-bond acceptors (Lipinski definition) is 3. The third kappa shape index (κ3) is 3.37. The summed E-state index contributed by atoms with van der Waals surface area (Å²) in [6, 6.07) is 6.94. The number of para-hydroxylation sites is 1. The quantitative estimate of drug-likeness (QED) is 0.904. The first kappa shape index (κ1) is 15.0. The van der Waals surface area contributed by atoms with Gasteiger partial charge in [0.15, 0.2) is 0 Å². The van der Waals surface area contributed by atoms with E-state index in [0.717, 1.165) is 23.0 Å². The Morgan fingerprint density at radius 3 is 2.57 bits per heavy atom. The van der Waals surface area contributed by atoms with Gasteiger partial charge in [-0.1, -0.05) is 18.2 Å². The molecule has 1 aromatic heterocycles. The maximum Gasteiger partial charge on any atom is 0.259 e. The van der Waals surface area contributed by atoms with Crippen LogP contribution in [0.1, 0.15) is 28.4 Å². The van der Waals surface area contributed by atoms with E-state index in [0.29, 0.717) is 12.4 Å². The second-order valence-electron chi connectivity index (χ2n) is 4.80. The fourth-order valence-corrected chi connectivity index (χ4v) is 2.11. The molecule has 0 saturated carbocycles. The Morgan fingerprint density at radius 1 is 1.29 bits per heavy atom. The number of halogens is 1. The number of amides is 1. The molecule has 2 N–H and O–H groups in total. The number of nitrogens with zero attached hydrogens (tertiary/aromatic N) is 1. The normalized spacial score (nSPS) is 10.3. The molecule has 0 aliphatic rings. The van der Waals surface area contributed by atoms with E-state index in [1.807, 2.05) is 39.0 Å². The number of hydrogen-bond donors (Lipinski definition) is 2. The average Bonchev–Trinajstić information content (AvgIpc) is 2.45. The van der Waals surface area contributed by atoms with Crippen molar-refractivity contribution in [3.8, 4) is 0 Å². The molecule has 1 heterocycles. The Labute approximate surface area is 123 Å². The van der Waals surface area contributed by atoms with E-state index in [-0.39, 0.29) is 11.5 Å². The Hall–Kier alpha value is -2.43. The summed E-state index contributed by atoms with van der Waals surface area (Å²) in [5, 5.41) is 5.80.